The molecule has 2 N–H and O–H groups in total. The molecule has 0 saturated heterocycles. The Labute approximate surface area is 160 Å². The van der Waals surface area contributed by atoms with E-state index in [4.69, 9.17) is 9.47 Å². The first kappa shape index (κ1) is 19.5. The van der Waals surface area contributed by atoms with Crippen LogP contribution in [0.5, 0.6) is 11.5 Å². The molecule has 0 aromatic heterocycles. The van der Waals surface area contributed by atoms with Crippen molar-refractivity contribution in [3.8, 4) is 11.5 Å². The van der Waals surface area contributed by atoms with Gasteiger partial charge in [-0.2, -0.15) is 0 Å². The van der Waals surface area contributed by atoms with Gasteiger partial charge in [0.25, 0.3) is 11.8 Å². The smallest absolute Gasteiger partial charge is 0.273 e. The quantitative estimate of drug-likeness (QED) is 0.532. The number of carbonyl (C=O) groups excluding carboxylic acids is 2. The number of carbonyl (C=O) groups is 2. The molecule has 2 aromatic rings. The topological polar surface area (TPSA) is 76.7 Å². The van der Waals surface area contributed by atoms with E-state index in [-0.39, 0.29) is 6.61 Å². The van der Waals surface area contributed by atoms with Crippen molar-refractivity contribution in [3.05, 3.63) is 70.7 Å². The zero-order valence-corrected chi connectivity index (χ0v) is 15.8. The van der Waals surface area contributed by atoms with E-state index in [1.165, 1.54) is 0 Å². The van der Waals surface area contributed by atoms with E-state index in [9.17, 15) is 9.59 Å². The molecule has 0 bridgehead atoms. The number of nitrogens with one attached hydrogen (secondary N) is 2. The van der Waals surface area contributed by atoms with Gasteiger partial charge in [0, 0.05) is 5.56 Å². The molecular weight excluding hydrogens is 400 g/mol. The number of hydrazine groups is 1. The van der Waals surface area contributed by atoms with Crippen LogP contribution in [-0.2, 0) is 0 Å². The number of halogens is 1. The van der Waals surface area contributed by atoms with Gasteiger partial charge in [0.05, 0.1) is 16.6 Å². The fourth-order valence-electron chi connectivity index (χ4n) is 2.10. The van der Waals surface area contributed by atoms with Crippen molar-refractivity contribution in [2.75, 3.05) is 13.2 Å². The molecule has 0 fully saturated rings. The van der Waals surface area contributed by atoms with E-state index < -0.39 is 11.8 Å². The highest BCUT2D eigenvalue weighted by atomic mass is 79.9. The Kier molecular flexibility index (Phi) is 7.23. The molecule has 0 aliphatic rings. The molecule has 2 amide bonds. The van der Waals surface area contributed by atoms with E-state index in [2.05, 4.69) is 33.4 Å². The fourth-order valence-corrected chi connectivity index (χ4v) is 2.59. The number of amides is 2. The van der Waals surface area contributed by atoms with Gasteiger partial charge >= 0.3 is 0 Å². The van der Waals surface area contributed by atoms with Crippen molar-refractivity contribution >= 4 is 27.7 Å². The van der Waals surface area contributed by atoms with Gasteiger partial charge in [-0.25, -0.2) is 0 Å². The summed E-state index contributed by atoms with van der Waals surface area (Å²) in [6.45, 7) is 6.24. The van der Waals surface area contributed by atoms with Crippen molar-refractivity contribution in [3.63, 3.8) is 0 Å². The predicted molar refractivity (Wildman–Crippen MR) is 102 cm³/mol. The second kappa shape index (κ2) is 9.62. The Balaban J connectivity index is 2.02. The van der Waals surface area contributed by atoms with Gasteiger partial charge in [0.1, 0.15) is 18.1 Å². The van der Waals surface area contributed by atoms with Gasteiger partial charge < -0.3 is 9.47 Å². The van der Waals surface area contributed by atoms with Crippen molar-refractivity contribution in [2.24, 2.45) is 0 Å². The third-order valence-electron chi connectivity index (χ3n) is 3.27. The molecule has 0 unspecified atom stereocenters. The number of ether oxygens (including phenoxy) is 2. The first-order valence-electron chi connectivity index (χ1n) is 7.92. The van der Waals surface area contributed by atoms with E-state index in [0.717, 1.165) is 0 Å². The molecule has 0 radical (unpaired) electrons. The van der Waals surface area contributed by atoms with Gasteiger partial charge in [-0.1, -0.05) is 24.8 Å². The number of benzene rings is 2. The molecule has 0 heterocycles. The normalized spacial score (nSPS) is 9.92. The van der Waals surface area contributed by atoms with Crippen molar-refractivity contribution in [1.29, 1.82) is 0 Å². The monoisotopic (exact) mass is 418 g/mol. The maximum absolute atomic E-state index is 12.3. The highest BCUT2D eigenvalue weighted by Gasteiger charge is 2.14. The summed E-state index contributed by atoms with van der Waals surface area (Å²) in [5, 5.41) is 0. The third kappa shape index (κ3) is 5.10. The molecule has 0 aliphatic carbocycles. The average Bonchev–Trinajstić information content (AvgIpc) is 2.66. The summed E-state index contributed by atoms with van der Waals surface area (Å²) in [6.07, 6.45) is 1.58. The molecule has 7 heteroatoms. The van der Waals surface area contributed by atoms with Crippen molar-refractivity contribution in [1.82, 2.24) is 10.9 Å². The summed E-state index contributed by atoms with van der Waals surface area (Å²) in [4.78, 5) is 24.5. The highest BCUT2D eigenvalue weighted by Crippen LogP contribution is 2.26. The van der Waals surface area contributed by atoms with Crippen molar-refractivity contribution in [2.45, 2.75) is 6.92 Å². The van der Waals surface area contributed by atoms with Crippen LogP contribution in [0.2, 0.25) is 0 Å². The minimum Gasteiger partial charge on any atom is -0.493 e. The minimum absolute atomic E-state index is 0.275. The van der Waals surface area contributed by atoms with Gasteiger partial charge in [0.15, 0.2) is 0 Å². The summed E-state index contributed by atoms with van der Waals surface area (Å²) in [5.41, 5.74) is 5.45. The number of para-hydroxylation sites is 1. The molecule has 2 aromatic carbocycles. The Morgan fingerprint density at radius 2 is 1.81 bits per heavy atom. The SMILES string of the molecule is C=CCOc1ccccc1C(=O)NNC(=O)c1ccc(OCC)c(Br)c1. The highest BCUT2D eigenvalue weighted by molar-refractivity contribution is 9.10. The lowest BCUT2D eigenvalue weighted by Gasteiger charge is -2.12. The first-order valence-corrected chi connectivity index (χ1v) is 8.71. The van der Waals surface area contributed by atoms with Crippen molar-refractivity contribution < 1.29 is 19.1 Å². The molecule has 0 spiro atoms. The molecule has 0 atom stereocenters. The first-order chi connectivity index (χ1) is 12.6. The van der Waals surface area contributed by atoms with Crippen LogP contribution in [0.4, 0.5) is 0 Å². The van der Waals surface area contributed by atoms with E-state index in [1.54, 1.807) is 48.5 Å². The number of hydrogen-bond acceptors (Lipinski definition) is 4. The standard InChI is InChI=1S/C19H19BrN2O4/c1-3-11-26-16-8-6-5-7-14(16)19(24)22-21-18(23)13-9-10-17(25-4-2)15(20)12-13/h3,5-10,12H,1,4,11H2,2H3,(H,21,23)(H,22,24). The predicted octanol–water partition coefficient (Wildman–Crippen LogP) is 3.49. The number of rotatable bonds is 7. The average molecular weight is 419 g/mol. The van der Waals surface area contributed by atoms with E-state index >= 15 is 0 Å². The lowest BCUT2D eigenvalue weighted by Crippen LogP contribution is -2.41. The second-order valence-electron chi connectivity index (χ2n) is 5.08. The molecule has 0 saturated carbocycles. The van der Waals surface area contributed by atoms with Gasteiger partial charge in [-0.05, 0) is 53.2 Å². The summed E-state index contributed by atoms with van der Waals surface area (Å²) >= 11 is 3.35. The van der Waals surface area contributed by atoms with Crippen LogP contribution in [0, 0.1) is 0 Å². The number of hydrogen-bond donors (Lipinski definition) is 2. The summed E-state index contributed by atoms with van der Waals surface area (Å²) in [6, 6.07) is 11.7. The van der Waals surface area contributed by atoms with E-state index in [0.29, 0.717) is 33.7 Å². The lowest BCUT2D eigenvalue weighted by molar-refractivity contribution is 0.0844. The largest absolute Gasteiger partial charge is 0.493 e. The Hall–Kier alpha value is -2.80. The summed E-state index contributed by atoms with van der Waals surface area (Å²) in [5.74, 6) is 0.110. The van der Waals surface area contributed by atoms with Crippen LogP contribution >= 0.6 is 15.9 Å². The van der Waals surface area contributed by atoms with Crippen LogP contribution in [0.3, 0.4) is 0 Å². The Morgan fingerprint density at radius 1 is 1.08 bits per heavy atom. The minimum atomic E-state index is -0.483. The molecule has 26 heavy (non-hydrogen) atoms. The zero-order chi connectivity index (χ0) is 18.9. The molecule has 136 valence electrons. The molecule has 2 rings (SSSR count). The Morgan fingerprint density at radius 3 is 2.50 bits per heavy atom. The van der Waals surface area contributed by atoms with Crippen LogP contribution < -0.4 is 20.3 Å². The summed E-state index contributed by atoms with van der Waals surface area (Å²) in [7, 11) is 0. The van der Waals surface area contributed by atoms with Crippen LogP contribution in [0.1, 0.15) is 27.6 Å². The van der Waals surface area contributed by atoms with Gasteiger partial charge in [-0.3, -0.25) is 20.4 Å². The van der Waals surface area contributed by atoms with Crippen LogP contribution in [-0.4, -0.2) is 25.0 Å². The lowest BCUT2D eigenvalue weighted by atomic mass is 10.2. The molecule has 0 aliphatic heterocycles. The molecular formula is C19H19BrN2O4. The maximum atomic E-state index is 12.3. The van der Waals surface area contributed by atoms with E-state index in [1.807, 2.05) is 6.92 Å². The van der Waals surface area contributed by atoms with Gasteiger partial charge in [0.2, 0.25) is 0 Å². The fraction of sp³-hybridized carbons (Fsp3) is 0.158. The van der Waals surface area contributed by atoms with Crippen LogP contribution in [0.25, 0.3) is 0 Å². The van der Waals surface area contributed by atoms with Gasteiger partial charge in [-0.15, -0.1) is 0 Å². The Bertz CT molecular complexity index is 808. The third-order valence-corrected chi connectivity index (χ3v) is 3.89. The second-order valence-corrected chi connectivity index (χ2v) is 5.94. The summed E-state index contributed by atoms with van der Waals surface area (Å²) < 4.78 is 11.5. The zero-order valence-electron chi connectivity index (χ0n) is 14.3. The maximum Gasteiger partial charge on any atom is 0.273 e. The molecule has 6 nitrogen and oxygen atoms in total. The van der Waals surface area contributed by atoms with Crippen LogP contribution in [0.15, 0.2) is 59.6 Å².